The van der Waals surface area contributed by atoms with E-state index in [2.05, 4.69) is 9.88 Å². The fourth-order valence-corrected chi connectivity index (χ4v) is 5.06. The van der Waals surface area contributed by atoms with Crippen molar-refractivity contribution in [3.63, 3.8) is 0 Å². The van der Waals surface area contributed by atoms with Crippen LogP contribution in [0.15, 0.2) is 5.38 Å². The van der Waals surface area contributed by atoms with Crippen LogP contribution >= 0.6 is 11.3 Å². The van der Waals surface area contributed by atoms with E-state index < -0.39 is 0 Å². The third kappa shape index (κ3) is 2.75. The van der Waals surface area contributed by atoms with Gasteiger partial charge in [0.15, 0.2) is 0 Å². The van der Waals surface area contributed by atoms with Crippen LogP contribution < -0.4 is 0 Å². The molecule has 4 rings (SSSR count). The number of nitrogens with zero attached hydrogens (tertiary/aromatic N) is 2. The van der Waals surface area contributed by atoms with E-state index in [4.69, 9.17) is 0 Å². The zero-order chi connectivity index (χ0) is 14.2. The second kappa shape index (κ2) is 5.71. The van der Waals surface area contributed by atoms with Crippen molar-refractivity contribution >= 4 is 17.2 Å². The molecule has 0 bridgehead atoms. The van der Waals surface area contributed by atoms with E-state index >= 15 is 0 Å². The summed E-state index contributed by atoms with van der Waals surface area (Å²) in [4.78, 5) is 19.8. The number of carbonyl (C=O) groups is 1. The lowest BCUT2D eigenvalue weighted by Gasteiger charge is -2.38. The molecule has 3 nitrogen and oxygen atoms in total. The van der Waals surface area contributed by atoms with Crippen molar-refractivity contribution in [1.29, 1.82) is 0 Å². The molecular weight excluding hydrogens is 280 g/mol. The first kappa shape index (κ1) is 13.7. The van der Waals surface area contributed by atoms with Gasteiger partial charge in [-0.2, -0.15) is 0 Å². The summed E-state index contributed by atoms with van der Waals surface area (Å²) in [7, 11) is 0. The summed E-state index contributed by atoms with van der Waals surface area (Å²) in [5.41, 5.74) is 0.716. The van der Waals surface area contributed by atoms with E-state index in [1.165, 1.54) is 62.8 Å². The van der Waals surface area contributed by atoms with Crippen molar-refractivity contribution in [2.75, 3.05) is 6.54 Å². The lowest BCUT2D eigenvalue weighted by Crippen LogP contribution is -2.45. The van der Waals surface area contributed by atoms with Gasteiger partial charge in [-0.25, -0.2) is 4.98 Å². The highest BCUT2D eigenvalue weighted by Gasteiger charge is 2.36. The monoisotopic (exact) mass is 304 g/mol. The minimum absolute atomic E-state index is 0.206. The number of amides is 1. The van der Waals surface area contributed by atoms with E-state index in [9.17, 15) is 4.79 Å². The van der Waals surface area contributed by atoms with Gasteiger partial charge in [0, 0.05) is 23.9 Å². The topological polar surface area (TPSA) is 33.2 Å². The first-order chi connectivity index (χ1) is 10.3. The Labute approximate surface area is 130 Å². The van der Waals surface area contributed by atoms with E-state index in [0.717, 1.165) is 12.5 Å². The number of hydrogen-bond donors (Lipinski definition) is 0. The number of fused-ring (bicyclic) bond motifs is 1. The van der Waals surface area contributed by atoms with Gasteiger partial charge in [-0.05, 0) is 44.4 Å². The smallest absolute Gasteiger partial charge is 0.273 e. The third-order valence-electron chi connectivity index (χ3n) is 5.42. The Bertz CT molecular complexity index is 523. The summed E-state index contributed by atoms with van der Waals surface area (Å²) < 4.78 is 0. The molecule has 2 atom stereocenters. The molecule has 2 heterocycles. The molecule has 4 heteroatoms. The number of aromatic nitrogens is 1. The number of thiazole rings is 1. The number of rotatable bonds is 2. The minimum Gasteiger partial charge on any atom is -0.334 e. The molecule has 1 aromatic rings. The normalized spacial score (nSPS) is 29.8. The summed E-state index contributed by atoms with van der Waals surface area (Å²) in [6.45, 7) is 0.941. The molecule has 1 amide bonds. The van der Waals surface area contributed by atoms with Crippen LogP contribution in [0.3, 0.4) is 0 Å². The average molecular weight is 304 g/mol. The van der Waals surface area contributed by atoms with Crippen molar-refractivity contribution in [2.45, 2.75) is 69.7 Å². The zero-order valence-electron chi connectivity index (χ0n) is 12.6. The van der Waals surface area contributed by atoms with Gasteiger partial charge in [0.25, 0.3) is 5.91 Å². The summed E-state index contributed by atoms with van der Waals surface area (Å²) in [6, 6.07) is 0.486. The van der Waals surface area contributed by atoms with E-state index in [0.29, 0.717) is 17.7 Å². The fraction of sp³-hybridized carbons (Fsp3) is 0.765. The molecule has 3 aliphatic rings. The van der Waals surface area contributed by atoms with Crippen LogP contribution in [-0.2, 0) is 0 Å². The van der Waals surface area contributed by atoms with Gasteiger partial charge in [0.2, 0.25) is 0 Å². The van der Waals surface area contributed by atoms with Crippen LogP contribution in [0.2, 0.25) is 0 Å². The predicted molar refractivity (Wildman–Crippen MR) is 84.7 cm³/mol. The van der Waals surface area contributed by atoms with Gasteiger partial charge >= 0.3 is 0 Å². The van der Waals surface area contributed by atoms with Crippen LogP contribution in [0.25, 0.3) is 0 Å². The summed E-state index contributed by atoms with van der Waals surface area (Å²) >= 11 is 1.69. The quantitative estimate of drug-likeness (QED) is 0.820. The van der Waals surface area contributed by atoms with Crippen molar-refractivity contribution < 1.29 is 4.79 Å². The van der Waals surface area contributed by atoms with Gasteiger partial charge in [-0.3, -0.25) is 4.79 Å². The molecule has 1 saturated heterocycles. The van der Waals surface area contributed by atoms with Crippen molar-refractivity contribution in [1.82, 2.24) is 9.88 Å². The van der Waals surface area contributed by atoms with Crippen molar-refractivity contribution in [3.8, 4) is 0 Å². The Morgan fingerprint density at radius 2 is 1.86 bits per heavy atom. The molecule has 0 N–H and O–H groups in total. The molecule has 0 aromatic carbocycles. The zero-order valence-corrected chi connectivity index (χ0v) is 13.4. The third-order valence-corrected chi connectivity index (χ3v) is 6.43. The highest BCUT2D eigenvalue weighted by molar-refractivity contribution is 7.10. The van der Waals surface area contributed by atoms with Crippen LogP contribution in [0.4, 0.5) is 0 Å². The molecular formula is C17H24N2OS. The second-order valence-corrected chi connectivity index (χ2v) is 7.84. The maximum Gasteiger partial charge on any atom is 0.273 e. The van der Waals surface area contributed by atoms with E-state index in [1.54, 1.807) is 11.3 Å². The Balaban J connectivity index is 1.55. The first-order valence-electron chi connectivity index (χ1n) is 8.59. The molecule has 2 saturated carbocycles. The second-order valence-electron chi connectivity index (χ2n) is 6.95. The molecule has 2 unspecified atom stereocenters. The predicted octanol–water partition coefficient (Wildman–Crippen LogP) is 4.21. The average Bonchev–Trinajstić information content (AvgIpc) is 3.28. The Morgan fingerprint density at radius 1 is 1.10 bits per heavy atom. The molecule has 114 valence electrons. The molecule has 0 radical (unpaired) electrons. The largest absolute Gasteiger partial charge is 0.334 e. The highest BCUT2D eigenvalue weighted by atomic mass is 32.1. The SMILES string of the molecule is O=C(c1csc(C2CC2)n1)N1CCCCC2CCCCC21. The Hall–Kier alpha value is -0.900. The van der Waals surface area contributed by atoms with Crippen LogP contribution in [0.5, 0.6) is 0 Å². The Kier molecular flexibility index (Phi) is 3.74. The fourth-order valence-electron chi connectivity index (χ4n) is 4.09. The molecule has 2 aliphatic carbocycles. The highest BCUT2D eigenvalue weighted by Crippen LogP contribution is 2.42. The van der Waals surface area contributed by atoms with E-state index in [1.807, 2.05) is 5.38 Å². The lowest BCUT2D eigenvalue weighted by molar-refractivity contribution is 0.0564. The maximum atomic E-state index is 12.9. The molecule has 21 heavy (non-hydrogen) atoms. The minimum atomic E-state index is 0.206. The van der Waals surface area contributed by atoms with Crippen molar-refractivity contribution in [2.24, 2.45) is 5.92 Å². The van der Waals surface area contributed by atoms with E-state index in [-0.39, 0.29) is 5.91 Å². The maximum absolute atomic E-state index is 12.9. The molecule has 0 spiro atoms. The van der Waals surface area contributed by atoms with Crippen molar-refractivity contribution in [3.05, 3.63) is 16.1 Å². The number of likely N-dealkylation sites (tertiary alicyclic amines) is 1. The van der Waals surface area contributed by atoms with Crippen LogP contribution in [-0.4, -0.2) is 28.4 Å². The van der Waals surface area contributed by atoms with Gasteiger partial charge < -0.3 is 4.90 Å². The molecule has 3 fully saturated rings. The van der Waals surface area contributed by atoms with Crippen LogP contribution in [0, 0.1) is 5.92 Å². The summed E-state index contributed by atoms with van der Waals surface area (Å²) in [5.74, 6) is 1.60. The number of hydrogen-bond acceptors (Lipinski definition) is 3. The lowest BCUT2D eigenvalue weighted by atomic mass is 9.81. The number of carbonyl (C=O) groups excluding carboxylic acids is 1. The summed E-state index contributed by atoms with van der Waals surface area (Å²) in [5, 5.41) is 3.19. The standard InChI is InChI=1S/C17H24N2OS/c20-17(14-11-21-16(18-14)13-8-9-13)19-10-4-3-6-12-5-1-2-7-15(12)19/h11-13,15H,1-10H2. The molecule has 1 aromatic heterocycles. The summed E-state index contributed by atoms with van der Waals surface area (Å²) in [6.07, 6.45) is 11.5. The molecule has 1 aliphatic heterocycles. The van der Waals surface area contributed by atoms with Gasteiger partial charge in [-0.1, -0.05) is 19.3 Å². The van der Waals surface area contributed by atoms with Gasteiger partial charge in [0.1, 0.15) is 5.69 Å². The van der Waals surface area contributed by atoms with Crippen LogP contribution in [0.1, 0.15) is 79.2 Å². The van der Waals surface area contributed by atoms with Gasteiger partial charge in [0.05, 0.1) is 5.01 Å². The first-order valence-corrected chi connectivity index (χ1v) is 9.47. The van der Waals surface area contributed by atoms with Gasteiger partial charge in [-0.15, -0.1) is 11.3 Å². The Morgan fingerprint density at radius 3 is 2.67 bits per heavy atom.